The highest BCUT2D eigenvalue weighted by Gasteiger charge is 2.15. The Labute approximate surface area is 112 Å². The highest BCUT2D eigenvalue weighted by atomic mass is 16.5. The lowest BCUT2D eigenvalue weighted by Crippen LogP contribution is -2.44. The molecule has 0 unspecified atom stereocenters. The number of rotatable bonds is 4. The highest BCUT2D eigenvalue weighted by Crippen LogP contribution is 2.07. The van der Waals surface area contributed by atoms with Crippen molar-refractivity contribution >= 4 is 12.0 Å². The molecule has 6 nitrogen and oxygen atoms in total. The molecule has 1 heterocycles. The summed E-state index contributed by atoms with van der Waals surface area (Å²) in [6.07, 6.45) is 1.11. The fourth-order valence-electron chi connectivity index (χ4n) is 1.55. The minimum absolute atomic E-state index is 0.273. The minimum atomic E-state index is -0.647. The number of aryl methyl sites for hydroxylation is 2. The fourth-order valence-corrected chi connectivity index (χ4v) is 1.55. The Kier molecular flexibility index (Phi) is 5.29. The summed E-state index contributed by atoms with van der Waals surface area (Å²) >= 11 is 0. The quantitative estimate of drug-likeness (QED) is 0.853. The van der Waals surface area contributed by atoms with Gasteiger partial charge >= 0.3 is 6.09 Å². The van der Waals surface area contributed by atoms with Crippen molar-refractivity contribution in [3.63, 3.8) is 0 Å². The molecule has 0 aliphatic heterocycles. The number of ether oxygens (including phenoxy) is 1. The van der Waals surface area contributed by atoms with Gasteiger partial charge in [-0.15, -0.1) is 0 Å². The molecule has 1 aromatic rings. The summed E-state index contributed by atoms with van der Waals surface area (Å²) in [4.78, 5) is 26.9. The van der Waals surface area contributed by atoms with Crippen LogP contribution >= 0.6 is 0 Å². The van der Waals surface area contributed by atoms with Crippen molar-refractivity contribution in [1.29, 1.82) is 0 Å². The molecule has 0 aliphatic rings. The Morgan fingerprint density at radius 1 is 1.42 bits per heavy atom. The van der Waals surface area contributed by atoms with E-state index in [2.05, 4.69) is 20.4 Å². The largest absolute Gasteiger partial charge is 0.453 e. The van der Waals surface area contributed by atoms with Crippen LogP contribution in [0, 0.1) is 13.8 Å². The number of alkyl carbamates (subject to hydrolysis) is 1. The van der Waals surface area contributed by atoms with Gasteiger partial charge in [0.05, 0.1) is 7.11 Å². The molecule has 0 saturated carbocycles. The van der Waals surface area contributed by atoms with Gasteiger partial charge in [-0.3, -0.25) is 9.78 Å². The minimum Gasteiger partial charge on any atom is -0.453 e. The molecule has 0 bridgehead atoms. The number of hydrogen-bond acceptors (Lipinski definition) is 4. The van der Waals surface area contributed by atoms with E-state index in [-0.39, 0.29) is 5.91 Å². The Hall–Kier alpha value is -2.11. The van der Waals surface area contributed by atoms with Crippen molar-refractivity contribution in [3.05, 3.63) is 29.1 Å². The van der Waals surface area contributed by atoms with Gasteiger partial charge < -0.3 is 15.4 Å². The number of carbonyl (C=O) groups excluding carboxylic acids is 2. The SMILES string of the molecule is COC(=O)N[C@@H](C)C(=O)NCc1cnc(C)cc1C. The molecule has 2 amide bonds. The number of amides is 2. The van der Waals surface area contributed by atoms with Crippen molar-refractivity contribution in [2.75, 3.05) is 7.11 Å². The molecular formula is C13H19N3O3. The molecule has 0 saturated heterocycles. The number of nitrogens with one attached hydrogen (secondary N) is 2. The van der Waals surface area contributed by atoms with E-state index in [0.29, 0.717) is 6.54 Å². The summed E-state index contributed by atoms with van der Waals surface area (Å²) in [6, 6.07) is 1.31. The van der Waals surface area contributed by atoms with Crippen LogP contribution in [0.3, 0.4) is 0 Å². The zero-order chi connectivity index (χ0) is 14.4. The lowest BCUT2D eigenvalue weighted by Gasteiger charge is -2.14. The van der Waals surface area contributed by atoms with E-state index in [1.807, 2.05) is 19.9 Å². The number of methoxy groups -OCH3 is 1. The third kappa shape index (κ3) is 4.57. The van der Waals surface area contributed by atoms with E-state index >= 15 is 0 Å². The second kappa shape index (κ2) is 6.72. The average molecular weight is 265 g/mol. The summed E-state index contributed by atoms with van der Waals surface area (Å²) in [7, 11) is 1.25. The van der Waals surface area contributed by atoms with Crippen molar-refractivity contribution in [3.8, 4) is 0 Å². The number of hydrogen-bond donors (Lipinski definition) is 2. The van der Waals surface area contributed by atoms with Gasteiger partial charge in [-0.25, -0.2) is 4.79 Å². The molecule has 0 spiro atoms. The molecule has 1 rings (SSSR count). The van der Waals surface area contributed by atoms with Crippen LogP contribution in [0.15, 0.2) is 12.3 Å². The van der Waals surface area contributed by atoms with Crippen LogP contribution in [0.2, 0.25) is 0 Å². The Morgan fingerprint density at radius 2 is 2.11 bits per heavy atom. The summed E-state index contributed by atoms with van der Waals surface area (Å²) in [5, 5.41) is 5.14. The first-order valence-corrected chi connectivity index (χ1v) is 5.98. The monoisotopic (exact) mass is 265 g/mol. The van der Waals surface area contributed by atoms with E-state index in [9.17, 15) is 9.59 Å². The van der Waals surface area contributed by atoms with Gasteiger partial charge in [-0.1, -0.05) is 0 Å². The second-order valence-corrected chi connectivity index (χ2v) is 4.33. The van der Waals surface area contributed by atoms with Gasteiger partial charge in [0.1, 0.15) is 6.04 Å². The van der Waals surface area contributed by atoms with Gasteiger partial charge in [0, 0.05) is 18.4 Å². The van der Waals surface area contributed by atoms with E-state index in [4.69, 9.17) is 0 Å². The maximum absolute atomic E-state index is 11.7. The van der Waals surface area contributed by atoms with Gasteiger partial charge in [-0.05, 0) is 38.0 Å². The predicted octanol–water partition coefficient (Wildman–Crippen LogP) is 1.06. The highest BCUT2D eigenvalue weighted by molar-refractivity contribution is 5.85. The van der Waals surface area contributed by atoms with Gasteiger partial charge in [-0.2, -0.15) is 0 Å². The third-order valence-electron chi connectivity index (χ3n) is 2.72. The number of carbonyl (C=O) groups is 2. The van der Waals surface area contributed by atoms with Crippen molar-refractivity contribution < 1.29 is 14.3 Å². The lowest BCUT2D eigenvalue weighted by atomic mass is 10.1. The summed E-state index contributed by atoms with van der Waals surface area (Å²) < 4.78 is 4.43. The second-order valence-electron chi connectivity index (χ2n) is 4.33. The van der Waals surface area contributed by atoms with Crippen molar-refractivity contribution in [2.24, 2.45) is 0 Å². The summed E-state index contributed by atoms with van der Waals surface area (Å²) in [5.41, 5.74) is 2.96. The lowest BCUT2D eigenvalue weighted by molar-refractivity contribution is -0.122. The van der Waals surface area contributed by atoms with Crippen molar-refractivity contribution in [1.82, 2.24) is 15.6 Å². The topological polar surface area (TPSA) is 80.3 Å². The maximum atomic E-state index is 11.7. The van der Waals surface area contributed by atoms with Crippen LogP contribution in [0.5, 0.6) is 0 Å². The van der Waals surface area contributed by atoms with Crippen LogP contribution in [0.4, 0.5) is 4.79 Å². The van der Waals surface area contributed by atoms with E-state index < -0.39 is 12.1 Å². The number of aromatic nitrogens is 1. The van der Waals surface area contributed by atoms with E-state index in [0.717, 1.165) is 16.8 Å². The van der Waals surface area contributed by atoms with E-state index in [1.165, 1.54) is 7.11 Å². The normalized spacial score (nSPS) is 11.6. The molecule has 0 aromatic carbocycles. The average Bonchev–Trinajstić information content (AvgIpc) is 2.37. The summed E-state index contributed by atoms with van der Waals surface area (Å²) in [6.45, 7) is 5.85. The Morgan fingerprint density at radius 3 is 2.68 bits per heavy atom. The molecule has 2 N–H and O–H groups in total. The standard InChI is InChI=1S/C13H19N3O3/c1-8-5-9(2)14-6-11(8)7-15-12(17)10(3)16-13(18)19-4/h5-6,10H,7H2,1-4H3,(H,15,17)(H,16,18)/t10-/m0/s1. The third-order valence-corrected chi connectivity index (χ3v) is 2.72. The van der Waals surface area contributed by atoms with Gasteiger partial charge in [0.2, 0.25) is 5.91 Å². The maximum Gasteiger partial charge on any atom is 0.407 e. The van der Waals surface area contributed by atoms with Gasteiger partial charge in [0.25, 0.3) is 0 Å². The first-order valence-electron chi connectivity index (χ1n) is 5.98. The first kappa shape index (κ1) is 14.9. The molecule has 0 aliphatic carbocycles. The van der Waals surface area contributed by atoms with Crippen LogP contribution in [0.1, 0.15) is 23.7 Å². The predicted molar refractivity (Wildman–Crippen MR) is 70.6 cm³/mol. The number of pyridine rings is 1. The zero-order valence-electron chi connectivity index (χ0n) is 11.6. The van der Waals surface area contributed by atoms with Crippen LogP contribution in [-0.2, 0) is 16.1 Å². The van der Waals surface area contributed by atoms with Gasteiger partial charge in [0.15, 0.2) is 0 Å². The smallest absolute Gasteiger partial charge is 0.407 e. The molecule has 6 heteroatoms. The molecule has 1 atom stereocenters. The number of nitrogens with zero attached hydrogens (tertiary/aromatic N) is 1. The molecule has 1 aromatic heterocycles. The summed E-state index contributed by atoms with van der Waals surface area (Å²) in [5.74, 6) is -0.273. The molecule has 0 fully saturated rings. The van der Waals surface area contributed by atoms with Crippen molar-refractivity contribution in [2.45, 2.75) is 33.4 Å². The van der Waals surface area contributed by atoms with Crippen LogP contribution in [0.25, 0.3) is 0 Å². The molecule has 19 heavy (non-hydrogen) atoms. The van der Waals surface area contributed by atoms with Crippen LogP contribution in [-0.4, -0.2) is 30.1 Å². The van der Waals surface area contributed by atoms with E-state index in [1.54, 1.807) is 13.1 Å². The zero-order valence-corrected chi connectivity index (χ0v) is 11.6. The fraction of sp³-hybridized carbons (Fsp3) is 0.462. The molecule has 0 radical (unpaired) electrons. The Bertz CT molecular complexity index is 474. The van der Waals surface area contributed by atoms with Crippen LogP contribution < -0.4 is 10.6 Å². The first-order chi connectivity index (χ1) is 8.93. The molecular weight excluding hydrogens is 246 g/mol. The molecule has 104 valence electrons. The Balaban J connectivity index is 2.52.